The Hall–Kier alpha value is -1.36. The van der Waals surface area contributed by atoms with Crippen molar-refractivity contribution in [3.63, 3.8) is 0 Å². The lowest BCUT2D eigenvalue weighted by molar-refractivity contribution is 0.114. The van der Waals surface area contributed by atoms with Crippen LogP contribution in [-0.4, -0.2) is 34.3 Å². The molecule has 0 saturated carbocycles. The largest absolute Gasteiger partial charge is 0.478 e. The zero-order valence-corrected chi connectivity index (χ0v) is 12.3. The summed E-state index contributed by atoms with van der Waals surface area (Å²) in [5.41, 5.74) is 0.845. The highest BCUT2D eigenvalue weighted by Crippen LogP contribution is 2.15. The van der Waals surface area contributed by atoms with E-state index >= 15 is 0 Å². The molecule has 1 heterocycles. The van der Waals surface area contributed by atoms with Crippen LogP contribution in [0.3, 0.4) is 0 Å². The normalized spacial score (nSPS) is 12.5. The predicted molar refractivity (Wildman–Crippen MR) is 76.5 cm³/mol. The first-order valence-electron chi connectivity index (χ1n) is 7.01. The van der Waals surface area contributed by atoms with Gasteiger partial charge in [0.25, 0.3) is 0 Å². The molecule has 1 aromatic rings. The molecule has 5 nitrogen and oxygen atoms in total. The molecule has 0 aliphatic heterocycles. The van der Waals surface area contributed by atoms with Gasteiger partial charge in [-0.25, -0.2) is 4.98 Å². The first-order chi connectivity index (χ1) is 9.10. The third-order valence-corrected chi connectivity index (χ3v) is 3.19. The highest BCUT2D eigenvalue weighted by atomic mass is 16.5. The van der Waals surface area contributed by atoms with Crippen molar-refractivity contribution in [1.82, 2.24) is 9.97 Å². The molecule has 0 saturated heterocycles. The van der Waals surface area contributed by atoms with E-state index in [0.717, 1.165) is 18.5 Å². The Kier molecular flexibility index (Phi) is 6.56. The van der Waals surface area contributed by atoms with Crippen LogP contribution in [0.4, 0.5) is 5.95 Å². The minimum Gasteiger partial charge on any atom is -0.478 e. The molecule has 0 spiro atoms. The summed E-state index contributed by atoms with van der Waals surface area (Å²) in [4.78, 5) is 8.54. The minimum atomic E-state index is -0.380. The van der Waals surface area contributed by atoms with E-state index in [9.17, 15) is 5.11 Å². The molecule has 0 fully saturated rings. The fraction of sp³-hybridized carbons (Fsp3) is 0.714. The topological polar surface area (TPSA) is 67.3 Å². The molecule has 0 radical (unpaired) electrons. The third kappa shape index (κ3) is 5.03. The van der Waals surface area contributed by atoms with Gasteiger partial charge < -0.3 is 15.2 Å². The van der Waals surface area contributed by atoms with Crippen LogP contribution in [0.5, 0.6) is 5.88 Å². The average molecular weight is 267 g/mol. The molecule has 0 bridgehead atoms. The SMILES string of the molecule is CCOc1cc(C)nc(NCC(O)C(CC)CC)n1. The molecule has 0 aliphatic rings. The van der Waals surface area contributed by atoms with E-state index in [4.69, 9.17) is 4.74 Å². The van der Waals surface area contributed by atoms with Gasteiger partial charge in [-0.1, -0.05) is 26.7 Å². The molecule has 1 unspecified atom stereocenters. The molecule has 1 aromatic heterocycles. The second-order valence-electron chi connectivity index (χ2n) is 4.63. The zero-order valence-electron chi connectivity index (χ0n) is 12.3. The lowest BCUT2D eigenvalue weighted by Crippen LogP contribution is -2.28. The molecule has 0 amide bonds. The smallest absolute Gasteiger partial charge is 0.226 e. The highest BCUT2D eigenvalue weighted by molar-refractivity contribution is 5.30. The van der Waals surface area contributed by atoms with Gasteiger partial charge in [0.05, 0.1) is 12.7 Å². The van der Waals surface area contributed by atoms with Gasteiger partial charge in [0.15, 0.2) is 0 Å². The number of aliphatic hydroxyl groups excluding tert-OH is 1. The summed E-state index contributed by atoms with van der Waals surface area (Å²) in [6.07, 6.45) is 1.56. The second kappa shape index (κ2) is 7.94. The summed E-state index contributed by atoms with van der Waals surface area (Å²) in [5.74, 6) is 1.38. The molecule has 19 heavy (non-hydrogen) atoms. The molecular weight excluding hydrogens is 242 g/mol. The molecular formula is C14H25N3O2. The molecule has 0 aromatic carbocycles. The van der Waals surface area contributed by atoms with Gasteiger partial charge in [-0.15, -0.1) is 0 Å². The lowest BCUT2D eigenvalue weighted by atomic mass is 9.97. The number of aliphatic hydroxyl groups is 1. The molecule has 0 aliphatic carbocycles. The fourth-order valence-corrected chi connectivity index (χ4v) is 2.04. The molecule has 1 atom stereocenters. The summed E-state index contributed by atoms with van der Waals surface area (Å²) < 4.78 is 5.37. The highest BCUT2D eigenvalue weighted by Gasteiger charge is 2.15. The number of anilines is 1. The number of nitrogens with zero attached hydrogens (tertiary/aromatic N) is 2. The van der Waals surface area contributed by atoms with Crippen molar-refractivity contribution in [1.29, 1.82) is 0 Å². The van der Waals surface area contributed by atoms with Crippen LogP contribution in [0, 0.1) is 12.8 Å². The van der Waals surface area contributed by atoms with Gasteiger partial charge in [0, 0.05) is 18.3 Å². The van der Waals surface area contributed by atoms with Crippen LogP contribution < -0.4 is 10.1 Å². The van der Waals surface area contributed by atoms with E-state index in [1.807, 2.05) is 13.8 Å². The van der Waals surface area contributed by atoms with Crippen molar-refractivity contribution in [2.24, 2.45) is 5.92 Å². The van der Waals surface area contributed by atoms with Gasteiger partial charge in [0.1, 0.15) is 0 Å². The molecule has 2 N–H and O–H groups in total. The number of aryl methyl sites for hydroxylation is 1. The molecule has 5 heteroatoms. The van der Waals surface area contributed by atoms with Crippen molar-refractivity contribution in [3.8, 4) is 5.88 Å². The van der Waals surface area contributed by atoms with E-state index < -0.39 is 0 Å². The van der Waals surface area contributed by atoms with Gasteiger partial charge in [-0.3, -0.25) is 0 Å². The number of hydrogen-bond donors (Lipinski definition) is 2. The standard InChI is InChI=1S/C14H25N3O2/c1-5-11(6-2)12(18)9-15-14-16-10(4)8-13(17-14)19-7-3/h8,11-12,18H,5-7,9H2,1-4H3,(H,15,16,17). The van der Waals surface area contributed by atoms with E-state index in [2.05, 4.69) is 29.1 Å². The van der Waals surface area contributed by atoms with Crippen LogP contribution in [0.25, 0.3) is 0 Å². The van der Waals surface area contributed by atoms with Crippen LogP contribution >= 0.6 is 0 Å². The Morgan fingerprint density at radius 2 is 1.95 bits per heavy atom. The van der Waals surface area contributed by atoms with Crippen molar-refractivity contribution < 1.29 is 9.84 Å². The Morgan fingerprint density at radius 3 is 2.53 bits per heavy atom. The summed E-state index contributed by atoms with van der Waals surface area (Å²) >= 11 is 0. The number of nitrogens with one attached hydrogen (secondary N) is 1. The van der Waals surface area contributed by atoms with E-state index in [1.54, 1.807) is 6.07 Å². The summed E-state index contributed by atoms with van der Waals surface area (Å²) in [6.45, 7) is 9.03. The molecule has 108 valence electrons. The maximum atomic E-state index is 10.1. The predicted octanol–water partition coefficient (Wildman–Crippen LogP) is 2.39. The van der Waals surface area contributed by atoms with Gasteiger partial charge in [-0.05, 0) is 19.8 Å². The van der Waals surface area contributed by atoms with E-state index in [0.29, 0.717) is 30.9 Å². The average Bonchev–Trinajstić information content (AvgIpc) is 2.37. The van der Waals surface area contributed by atoms with Crippen LogP contribution in [0.15, 0.2) is 6.07 Å². The van der Waals surface area contributed by atoms with Crippen LogP contribution in [0.1, 0.15) is 39.3 Å². The first kappa shape index (κ1) is 15.7. The maximum Gasteiger partial charge on any atom is 0.226 e. The number of ether oxygens (including phenoxy) is 1. The quantitative estimate of drug-likeness (QED) is 0.757. The van der Waals surface area contributed by atoms with Gasteiger partial charge in [-0.2, -0.15) is 4.98 Å². The van der Waals surface area contributed by atoms with Crippen molar-refractivity contribution >= 4 is 5.95 Å². The Morgan fingerprint density at radius 1 is 1.26 bits per heavy atom. The second-order valence-corrected chi connectivity index (χ2v) is 4.63. The molecule has 1 rings (SSSR count). The lowest BCUT2D eigenvalue weighted by Gasteiger charge is -2.20. The minimum absolute atomic E-state index is 0.309. The fourth-order valence-electron chi connectivity index (χ4n) is 2.04. The zero-order chi connectivity index (χ0) is 14.3. The Bertz CT molecular complexity index is 381. The van der Waals surface area contributed by atoms with E-state index in [-0.39, 0.29) is 6.10 Å². The van der Waals surface area contributed by atoms with Crippen molar-refractivity contribution in [2.75, 3.05) is 18.5 Å². The van der Waals surface area contributed by atoms with Crippen molar-refractivity contribution in [3.05, 3.63) is 11.8 Å². The van der Waals surface area contributed by atoms with Gasteiger partial charge in [0.2, 0.25) is 11.8 Å². The first-order valence-corrected chi connectivity index (χ1v) is 7.01. The maximum absolute atomic E-state index is 10.1. The van der Waals surface area contributed by atoms with Crippen LogP contribution in [-0.2, 0) is 0 Å². The Balaban J connectivity index is 2.61. The van der Waals surface area contributed by atoms with E-state index in [1.165, 1.54) is 0 Å². The summed E-state index contributed by atoms with van der Waals surface area (Å²) in [5, 5.41) is 13.1. The van der Waals surface area contributed by atoms with Crippen molar-refractivity contribution in [2.45, 2.75) is 46.6 Å². The number of rotatable bonds is 8. The number of aromatic nitrogens is 2. The summed E-state index contributed by atoms with van der Waals surface area (Å²) in [7, 11) is 0. The Labute approximate surface area is 115 Å². The third-order valence-electron chi connectivity index (χ3n) is 3.19. The van der Waals surface area contributed by atoms with Gasteiger partial charge >= 0.3 is 0 Å². The summed E-state index contributed by atoms with van der Waals surface area (Å²) in [6, 6.07) is 1.80. The number of hydrogen-bond acceptors (Lipinski definition) is 5. The monoisotopic (exact) mass is 267 g/mol. The van der Waals surface area contributed by atoms with Crippen LogP contribution in [0.2, 0.25) is 0 Å².